The van der Waals surface area contributed by atoms with Gasteiger partial charge in [-0.15, -0.1) is 0 Å². The molecule has 0 unspecified atom stereocenters. The van der Waals surface area contributed by atoms with Crippen molar-refractivity contribution in [1.82, 2.24) is 9.38 Å². The summed E-state index contributed by atoms with van der Waals surface area (Å²) in [6, 6.07) is 19.4. The molecule has 0 saturated heterocycles. The van der Waals surface area contributed by atoms with Crippen LogP contribution in [0.25, 0.3) is 16.6 Å². The van der Waals surface area contributed by atoms with Crippen molar-refractivity contribution >= 4 is 11.5 Å². The lowest BCUT2D eigenvalue weighted by Crippen LogP contribution is -2.13. The number of fused-ring (bicyclic) bond motifs is 3. The number of rotatable bonds is 4. The van der Waals surface area contributed by atoms with Crippen LogP contribution in [-0.4, -0.2) is 9.38 Å². The van der Waals surface area contributed by atoms with E-state index >= 15 is 0 Å². The second-order valence-corrected chi connectivity index (χ2v) is 7.37. The maximum Gasteiger partial charge on any atom is 0.207 e. The van der Waals surface area contributed by atoms with Gasteiger partial charge in [0.2, 0.25) is 5.95 Å². The van der Waals surface area contributed by atoms with E-state index in [2.05, 4.69) is 27.9 Å². The lowest BCUT2D eigenvalue weighted by atomic mass is 9.95. The largest absolute Gasteiger partial charge is 0.351 e. The first kappa shape index (κ1) is 17.0. The number of hydrogen-bond acceptors (Lipinski definition) is 2. The fourth-order valence-corrected chi connectivity index (χ4v) is 4.09. The number of nitrogens with zero attached hydrogens (tertiary/aromatic N) is 2. The highest BCUT2D eigenvalue weighted by Gasteiger charge is 2.19. The predicted octanol–water partition coefficient (Wildman–Crippen LogP) is 5.63. The molecule has 1 aliphatic rings. The molecule has 0 amide bonds. The van der Waals surface area contributed by atoms with Crippen LogP contribution >= 0.6 is 0 Å². The van der Waals surface area contributed by atoms with Gasteiger partial charge in [-0.1, -0.05) is 48.5 Å². The fourth-order valence-electron chi connectivity index (χ4n) is 4.09. The zero-order valence-electron chi connectivity index (χ0n) is 15.7. The van der Waals surface area contributed by atoms with Gasteiger partial charge in [-0.3, -0.25) is 4.40 Å². The first-order chi connectivity index (χ1) is 13.8. The normalized spacial score (nSPS) is 13.5. The van der Waals surface area contributed by atoms with E-state index in [-0.39, 0.29) is 5.82 Å². The van der Waals surface area contributed by atoms with E-state index in [4.69, 9.17) is 4.98 Å². The van der Waals surface area contributed by atoms with Gasteiger partial charge >= 0.3 is 0 Å². The molecule has 1 N–H and O–H groups in total. The molecule has 28 heavy (non-hydrogen) atoms. The molecule has 2 aromatic heterocycles. The smallest absolute Gasteiger partial charge is 0.207 e. The van der Waals surface area contributed by atoms with Crippen molar-refractivity contribution in [2.75, 3.05) is 5.32 Å². The van der Waals surface area contributed by atoms with Crippen molar-refractivity contribution in [1.29, 1.82) is 0 Å². The Morgan fingerprint density at radius 1 is 0.964 bits per heavy atom. The molecule has 1 aliphatic carbocycles. The summed E-state index contributed by atoms with van der Waals surface area (Å²) in [6.45, 7) is 0.703. The molecule has 0 bridgehead atoms. The van der Waals surface area contributed by atoms with Gasteiger partial charge in [-0.2, -0.15) is 0 Å². The van der Waals surface area contributed by atoms with Gasteiger partial charge in [-0.25, -0.2) is 9.37 Å². The van der Waals surface area contributed by atoms with Crippen LogP contribution in [0.5, 0.6) is 0 Å². The number of hydrogen-bond donors (Lipinski definition) is 1. The topological polar surface area (TPSA) is 29.3 Å². The highest BCUT2D eigenvalue weighted by Crippen LogP contribution is 2.32. The molecule has 0 atom stereocenters. The summed E-state index contributed by atoms with van der Waals surface area (Å²) in [4.78, 5) is 4.94. The van der Waals surface area contributed by atoms with E-state index in [0.29, 0.717) is 12.1 Å². The van der Waals surface area contributed by atoms with Crippen molar-refractivity contribution in [2.45, 2.75) is 32.2 Å². The lowest BCUT2D eigenvalue weighted by molar-refractivity contribution is 0.631. The summed E-state index contributed by atoms with van der Waals surface area (Å²) < 4.78 is 16.5. The van der Waals surface area contributed by atoms with Crippen LogP contribution in [0.15, 0.2) is 66.9 Å². The standard InChI is InChI=1S/C24H22FN3/c25-21-12-6-4-10-19(21)18-14-23-20-11-5-7-13-22(20)27-24(28(23)16-18)26-15-17-8-2-1-3-9-17/h1-4,6,8-10,12,14,16H,5,7,11,13,15H2,(H,26,27). The fraction of sp³-hybridized carbons (Fsp3) is 0.208. The molecule has 0 aliphatic heterocycles. The average Bonchev–Trinajstić information content (AvgIpc) is 3.19. The van der Waals surface area contributed by atoms with Crippen molar-refractivity contribution in [3.8, 4) is 11.1 Å². The zero-order valence-corrected chi connectivity index (χ0v) is 15.7. The van der Waals surface area contributed by atoms with E-state index < -0.39 is 0 Å². The van der Waals surface area contributed by atoms with Gasteiger partial charge in [0.25, 0.3) is 0 Å². The molecule has 2 aromatic carbocycles. The minimum Gasteiger partial charge on any atom is -0.351 e. The lowest BCUT2D eigenvalue weighted by Gasteiger charge is -2.19. The van der Waals surface area contributed by atoms with Gasteiger partial charge < -0.3 is 5.32 Å². The summed E-state index contributed by atoms with van der Waals surface area (Å²) in [5, 5.41) is 3.49. The second kappa shape index (κ2) is 7.12. The monoisotopic (exact) mass is 371 g/mol. The van der Waals surface area contributed by atoms with E-state index in [1.54, 1.807) is 6.07 Å². The summed E-state index contributed by atoms with van der Waals surface area (Å²) in [6.07, 6.45) is 6.40. The van der Waals surface area contributed by atoms with Gasteiger partial charge in [0.15, 0.2) is 0 Å². The molecule has 140 valence electrons. The molecular weight excluding hydrogens is 349 g/mol. The molecule has 2 heterocycles. The predicted molar refractivity (Wildman–Crippen MR) is 111 cm³/mol. The van der Waals surface area contributed by atoms with Gasteiger partial charge in [0.1, 0.15) is 5.82 Å². The van der Waals surface area contributed by atoms with Crippen LogP contribution in [0.3, 0.4) is 0 Å². The number of nitrogens with one attached hydrogen (secondary N) is 1. The van der Waals surface area contributed by atoms with Gasteiger partial charge in [-0.05, 0) is 48.9 Å². The highest BCUT2D eigenvalue weighted by molar-refractivity contribution is 5.75. The molecule has 0 fully saturated rings. The minimum absolute atomic E-state index is 0.195. The Labute approximate surface area is 163 Å². The zero-order chi connectivity index (χ0) is 18.9. The quantitative estimate of drug-likeness (QED) is 0.504. The van der Waals surface area contributed by atoms with E-state index in [1.807, 2.05) is 36.5 Å². The van der Waals surface area contributed by atoms with Gasteiger partial charge in [0.05, 0.1) is 5.52 Å². The second-order valence-electron chi connectivity index (χ2n) is 7.37. The summed E-state index contributed by atoms with van der Waals surface area (Å²) >= 11 is 0. The Morgan fingerprint density at radius 2 is 1.75 bits per heavy atom. The molecule has 4 heteroatoms. The molecule has 0 radical (unpaired) electrons. The summed E-state index contributed by atoms with van der Waals surface area (Å²) in [5.74, 6) is 0.626. The molecule has 0 spiro atoms. The van der Waals surface area contributed by atoms with Crippen LogP contribution in [0, 0.1) is 5.82 Å². The van der Waals surface area contributed by atoms with Crippen LogP contribution in [0.4, 0.5) is 10.3 Å². The van der Waals surface area contributed by atoms with Crippen LogP contribution in [0.2, 0.25) is 0 Å². The Morgan fingerprint density at radius 3 is 2.61 bits per heavy atom. The molecule has 4 aromatic rings. The minimum atomic E-state index is -0.195. The Hall–Kier alpha value is -3.14. The molecule has 3 nitrogen and oxygen atoms in total. The number of aromatic nitrogens is 2. The third kappa shape index (κ3) is 3.05. The average molecular weight is 371 g/mol. The van der Waals surface area contributed by atoms with Crippen molar-refractivity contribution in [3.63, 3.8) is 0 Å². The third-order valence-electron chi connectivity index (χ3n) is 5.52. The number of anilines is 1. The van der Waals surface area contributed by atoms with E-state index in [9.17, 15) is 4.39 Å². The maximum atomic E-state index is 14.4. The number of aryl methyl sites for hydroxylation is 2. The Balaban J connectivity index is 1.62. The maximum absolute atomic E-state index is 14.4. The van der Waals surface area contributed by atoms with Gasteiger partial charge in [0, 0.05) is 29.6 Å². The number of halogens is 1. The Bertz CT molecular complexity index is 1130. The van der Waals surface area contributed by atoms with Crippen molar-refractivity contribution in [2.24, 2.45) is 0 Å². The van der Waals surface area contributed by atoms with E-state index in [0.717, 1.165) is 29.9 Å². The molecule has 5 rings (SSSR count). The Kier molecular flexibility index (Phi) is 4.32. The first-order valence-electron chi connectivity index (χ1n) is 9.86. The number of benzene rings is 2. The highest BCUT2D eigenvalue weighted by atomic mass is 19.1. The third-order valence-corrected chi connectivity index (χ3v) is 5.52. The van der Waals surface area contributed by atoms with Crippen molar-refractivity contribution < 1.29 is 4.39 Å². The van der Waals surface area contributed by atoms with Crippen LogP contribution < -0.4 is 5.32 Å². The van der Waals surface area contributed by atoms with Crippen LogP contribution in [0.1, 0.15) is 29.7 Å². The SMILES string of the molecule is Fc1ccccc1-c1cc2c3c(nc(NCc4ccccc4)n2c1)CCCC3. The summed E-state index contributed by atoms with van der Waals surface area (Å²) in [7, 11) is 0. The van der Waals surface area contributed by atoms with Crippen LogP contribution in [-0.2, 0) is 19.4 Å². The van der Waals surface area contributed by atoms with E-state index in [1.165, 1.54) is 35.7 Å². The molecular formula is C24H22FN3. The summed E-state index contributed by atoms with van der Waals surface area (Å²) in [5.41, 5.74) is 6.34. The van der Waals surface area contributed by atoms with Crippen molar-refractivity contribution in [3.05, 3.63) is 89.5 Å². The first-order valence-corrected chi connectivity index (χ1v) is 9.86. The molecule has 0 saturated carbocycles.